The second-order valence-electron chi connectivity index (χ2n) is 7.48. The molecule has 1 N–H and O–H groups in total. The van der Waals surface area contributed by atoms with Crippen LogP contribution in [0.2, 0.25) is 0 Å². The average Bonchev–Trinajstić information content (AvgIpc) is 3.36. The van der Waals surface area contributed by atoms with Crippen LogP contribution in [0.3, 0.4) is 0 Å². The van der Waals surface area contributed by atoms with Crippen molar-refractivity contribution >= 4 is 26.0 Å². The second kappa shape index (κ2) is 9.58. The molecule has 1 aromatic heterocycles. The monoisotopic (exact) mass is 506 g/mol. The molecule has 1 aliphatic rings. The molecular formula is C22H22N2O8S2. The number of sulfonamides is 2. The molecule has 0 radical (unpaired) electrons. The molecule has 0 spiro atoms. The highest BCUT2D eigenvalue weighted by atomic mass is 32.2. The molecule has 1 fully saturated rings. The number of carbonyl (C=O) groups is 1. The van der Waals surface area contributed by atoms with Gasteiger partial charge in [0.15, 0.2) is 0 Å². The molecule has 0 amide bonds. The number of furan rings is 1. The Hall–Kier alpha value is -3.19. The number of piperazine rings is 1. The van der Waals surface area contributed by atoms with Crippen LogP contribution >= 0.6 is 0 Å². The zero-order valence-corrected chi connectivity index (χ0v) is 19.5. The van der Waals surface area contributed by atoms with E-state index in [1.165, 1.54) is 16.4 Å². The Labute approximate surface area is 197 Å². The first kappa shape index (κ1) is 24.0. The lowest BCUT2D eigenvalue weighted by molar-refractivity contribution is 0.0656. The summed E-state index contributed by atoms with van der Waals surface area (Å²) >= 11 is 0. The van der Waals surface area contributed by atoms with E-state index in [-0.39, 0.29) is 31.1 Å². The topological polar surface area (TPSA) is 134 Å². The van der Waals surface area contributed by atoms with E-state index >= 15 is 0 Å². The molecule has 10 nitrogen and oxygen atoms in total. The molecule has 0 saturated carbocycles. The molecule has 180 valence electrons. The largest absolute Gasteiger partial charge is 0.489 e. The summed E-state index contributed by atoms with van der Waals surface area (Å²) in [5.74, 6) is -1.34. The van der Waals surface area contributed by atoms with Crippen LogP contribution in [0.4, 0.5) is 0 Å². The van der Waals surface area contributed by atoms with Crippen LogP contribution in [-0.2, 0) is 26.7 Å². The maximum Gasteiger partial charge on any atom is 0.371 e. The van der Waals surface area contributed by atoms with Crippen molar-refractivity contribution in [3.8, 4) is 5.75 Å². The summed E-state index contributed by atoms with van der Waals surface area (Å²) in [5, 5.41) is 8.43. The number of carboxylic acids is 1. The van der Waals surface area contributed by atoms with E-state index in [4.69, 9.17) is 14.3 Å². The smallest absolute Gasteiger partial charge is 0.371 e. The first-order valence-corrected chi connectivity index (χ1v) is 13.2. The molecule has 0 unspecified atom stereocenters. The summed E-state index contributed by atoms with van der Waals surface area (Å²) in [6.07, 6.45) is 0. The third-order valence-electron chi connectivity index (χ3n) is 5.29. The van der Waals surface area contributed by atoms with Gasteiger partial charge in [-0.3, -0.25) is 0 Å². The van der Waals surface area contributed by atoms with Crippen LogP contribution in [0.25, 0.3) is 0 Å². The third kappa shape index (κ3) is 4.99. The predicted molar refractivity (Wildman–Crippen MR) is 120 cm³/mol. The highest BCUT2D eigenvalue weighted by Gasteiger charge is 2.35. The van der Waals surface area contributed by atoms with E-state index < -0.39 is 36.9 Å². The zero-order chi connectivity index (χ0) is 24.3. The van der Waals surface area contributed by atoms with Gasteiger partial charge in [-0.2, -0.15) is 8.61 Å². The maximum atomic E-state index is 13.0. The average molecular weight is 507 g/mol. The summed E-state index contributed by atoms with van der Waals surface area (Å²) in [6.45, 7) is 0.0551. The summed E-state index contributed by atoms with van der Waals surface area (Å²) in [5.41, 5.74) is 0.987. The predicted octanol–water partition coefficient (Wildman–Crippen LogP) is 2.25. The Balaban J connectivity index is 1.39. The van der Waals surface area contributed by atoms with Gasteiger partial charge in [0.05, 0.1) is 4.90 Å². The summed E-state index contributed by atoms with van der Waals surface area (Å²) < 4.78 is 64.3. The molecule has 0 bridgehead atoms. The fraction of sp³-hybridized carbons (Fsp3) is 0.227. The van der Waals surface area contributed by atoms with Gasteiger partial charge in [-0.1, -0.05) is 30.3 Å². The number of hydrogen-bond donors (Lipinski definition) is 1. The van der Waals surface area contributed by atoms with E-state index in [2.05, 4.69) is 0 Å². The lowest BCUT2D eigenvalue weighted by atomic mass is 10.2. The fourth-order valence-electron chi connectivity index (χ4n) is 3.45. The van der Waals surface area contributed by atoms with Gasteiger partial charge in [-0.25, -0.2) is 21.6 Å². The Morgan fingerprint density at radius 3 is 1.97 bits per heavy atom. The van der Waals surface area contributed by atoms with Gasteiger partial charge in [0, 0.05) is 26.2 Å². The van der Waals surface area contributed by atoms with Crippen molar-refractivity contribution in [3.05, 3.63) is 78.1 Å². The fourth-order valence-corrected chi connectivity index (χ4v) is 6.21. The lowest BCUT2D eigenvalue weighted by Crippen LogP contribution is -2.50. The standard InChI is InChI=1S/C22H22N2O8S2/c25-22(26)20-10-11-21(32-20)34(29,30)24-14-12-23(13-15-24)33(27,28)19-8-6-18(7-9-19)31-16-17-4-2-1-3-5-17/h1-11H,12-16H2,(H,25,26). The van der Waals surface area contributed by atoms with Gasteiger partial charge in [0.25, 0.3) is 10.0 Å². The Morgan fingerprint density at radius 1 is 0.824 bits per heavy atom. The normalized spacial score (nSPS) is 15.8. The molecule has 1 saturated heterocycles. The van der Waals surface area contributed by atoms with Gasteiger partial charge >= 0.3 is 5.97 Å². The van der Waals surface area contributed by atoms with Crippen LogP contribution in [0, 0.1) is 0 Å². The lowest BCUT2D eigenvalue weighted by Gasteiger charge is -2.32. The molecular weight excluding hydrogens is 484 g/mol. The Bertz CT molecular complexity index is 1360. The van der Waals surface area contributed by atoms with E-state index in [0.29, 0.717) is 12.4 Å². The molecule has 0 aliphatic carbocycles. The number of carboxylic acid groups (broad SMARTS) is 1. The quantitative estimate of drug-likeness (QED) is 0.492. The van der Waals surface area contributed by atoms with Crippen molar-refractivity contribution in [1.82, 2.24) is 8.61 Å². The number of hydrogen-bond acceptors (Lipinski definition) is 7. The minimum Gasteiger partial charge on any atom is -0.489 e. The second-order valence-corrected chi connectivity index (χ2v) is 11.3. The minimum absolute atomic E-state index is 0.0552. The maximum absolute atomic E-state index is 13.0. The van der Waals surface area contributed by atoms with Crippen LogP contribution in [0.15, 0.2) is 81.1 Å². The highest BCUT2D eigenvalue weighted by Crippen LogP contribution is 2.24. The molecule has 0 atom stereocenters. The molecule has 34 heavy (non-hydrogen) atoms. The van der Waals surface area contributed by atoms with Crippen molar-refractivity contribution in [2.24, 2.45) is 0 Å². The summed E-state index contributed by atoms with van der Waals surface area (Å²) in [4.78, 5) is 11.0. The van der Waals surface area contributed by atoms with Crippen molar-refractivity contribution in [2.75, 3.05) is 26.2 Å². The molecule has 2 heterocycles. The SMILES string of the molecule is O=C(O)c1ccc(S(=O)(=O)N2CCN(S(=O)(=O)c3ccc(OCc4ccccc4)cc3)CC2)o1. The van der Waals surface area contributed by atoms with E-state index in [1.807, 2.05) is 30.3 Å². The number of benzene rings is 2. The Morgan fingerprint density at radius 2 is 1.41 bits per heavy atom. The van der Waals surface area contributed by atoms with Gasteiger partial charge in [0.2, 0.25) is 20.9 Å². The number of ether oxygens (including phenoxy) is 1. The van der Waals surface area contributed by atoms with Crippen molar-refractivity contribution in [2.45, 2.75) is 16.6 Å². The van der Waals surface area contributed by atoms with Crippen LogP contribution in [0.1, 0.15) is 16.1 Å². The van der Waals surface area contributed by atoms with E-state index in [9.17, 15) is 21.6 Å². The number of aromatic carboxylic acids is 1. The molecule has 4 rings (SSSR count). The number of nitrogens with zero attached hydrogens (tertiary/aromatic N) is 2. The van der Waals surface area contributed by atoms with Crippen LogP contribution in [-0.4, -0.2) is 62.7 Å². The van der Waals surface area contributed by atoms with Gasteiger partial charge in [0.1, 0.15) is 12.4 Å². The van der Waals surface area contributed by atoms with Crippen molar-refractivity contribution < 1.29 is 35.9 Å². The summed E-state index contributed by atoms with van der Waals surface area (Å²) in [6, 6.07) is 17.8. The van der Waals surface area contributed by atoms with Crippen molar-refractivity contribution in [3.63, 3.8) is 0 Å². The molecule has 12 heteroatoms. The van der Waals surface area contributed by atoms with Gasteiger partial charge in [-0.15, -0.1) is 0 Å². The first-order valence-electron chi connectivity index (χ1n) is 10.3. The third-order valence-corrected chi connectivity index (χ3v) is 8.98. The van der Waals surface area contributed by atoms with Crippen LogP contribution < -0.4 is 4.74 Å². The van der Waals surface area contributed by atoms with Gasteiger partial charge < -0.3 is 14.3 Å². The van der Waals surface area contributed by atoms with Crippen LogP contribution in [0.5, 0.6) is 5.75 Å². The first-order chi connectivity index (χ1) is 16.2. The summed E-state index contributed by atoms with van der Waals surface area (Å²) in [7, 11) is -7.91. The highest BCUT2D eigenvalue weighted by molar-refractivity contribution is 7.89. The Kier molecular flexibility index (Phi) is 6.75. The minimum atomic E-state index is -4.08. The molecule has 1 aliphatic heterocycles. The molecule has 2 aromatic carbocycles. The van der Waals surface area contributed by atoms with E-state index in [1.54, 1.807) is 12.1 Å². The molecule has 3 aromatic rings. The van der Waals surface area contributed by atoms with E-state index in [0.717, 1.165) is 22.0 Å². The zero-order valence-electron chi connectivity index (χ0n) is 17.9. The van der Waals surface area contributed by atoms with Gasteiger partial charge in [-0.05, 0) is 42.0 Å². The van der Waals surface area contributed by atoms with Crippen molar-refractivity contribution in [1.29, 1.82) is 0 Å². The number of rotatable bonds is 8.